The van der Waals surface area contributed by atoms with Gasteiger partial charge in [0.05, 0.1) is 17.8 Å². The Morgan fingerprint density at radius 1 is 1.11 bits per heavy atom. The largest absolute Gasteiger partial charge is 0.493 e. The third kappa shape index (κ3) is 7.76. The molecular formula is C30H35F3O3. The Morgan fingerprint density at radius 2 is 1.83 bits per heavy atom. The van der Waals surface area contributed by atoms with E-state index in [1.807, 2.05) is 19.1 Å². The van der Waals surface area contributed by atoms with Crippen molar-refractivity contribution in [3.63, 3.8) is 0 Å². The number of rotatable bonds is 9. The number of aliphatic hydroxyl groups is 1. The molecule has 0 amide bonds. The molecule has 2 aromatic carbocycles. The highest BCUT2D eigenvalue weighted by Crippen LogP contribution is 2.40. The second kappa shape index (κ2) is 11.4. The Morgan fingerprint density at radius 3 is 2.50 bits per heavy atom. The van der Waals surface area contributed by atoms with E-state index in [1.165, 1.54) is 23.3 Å². The molecule has 0 heterocycles. The number of hydrogen-bond donors (Lipinski definition) is 1. The lowest BCUT2D eigenvalue weighted by Crippen LogP contribution is -2.21. The van der Waals surface area contributed by atoms with Crippen LogP contribution < -0.4 is 4.74 Å². The summed E-state index contributed by atoms with van der Waals surface area (Å²) in [5.41, 5.74) is 2.06. The van der Waals surface area contributed by atoms with Gasteiger partial charge in [0.2, 0.25) is 0 Å². The zero-order valence-electron chi connectivity index (χ0n) is 21.4. The van der Waals surface area contributed by atoms with Gasteiger partial charge in [0.25, 0.3) is 0 Å². The van der Waals surface area contributed by atoms with Crippen LogP contribution in [0, 0.1) is 5.92 Å². The van der Waals surface area contributed by atoms with Crippen LogP contribution in [0.3, 0.4) is 0 Å². The lowest BCUT2D eigenvalue weighted by atomic mass is 9.97. The second-order valence-electron chi connectivity index (χ2n) is 10.1. The third-order valence-electron chi connectivity index (χ3n) is 6.17. The van der Waals surface area contributed by atoms with Crippen LogP contribution in [0.4, 0.5) is 13.2 Å². The number of hydrogen-bond acceptors (Lipinski definition) is 3. The summed E-state index contributed by atoms with van der Waals surface area (Å²) in [6.07, 6.45) is 1.85. The minimum atomic E-state index is -4.55. The van der Waals surface area contributed by atoms with E-state index in [1.54, 1.807) is 32.0 Å². The van der Waals surface area contributed by atoms with Gasteiger partial charge >= 0.3 is 6.18 Å². The first-order valence-corrected chi connectivity index (χ1v) is 12.2. The molecule has 2 aromatic rings. The Balaban J connectivity index is 1.75. The Hall–Kier alpha value is -2.99. The maximum atomic E-state index is 13.9. The zero-order valence-corrected chi connectivity index (χ0v) is 21.4. The first kappa shape index (κ1) is 27.6. The smallest absolute Gasteiger partial charge is 0.417 e. The number of halogens is 3. The molecule has 1 aliphatic carbocycles. The number of alkyl halides is 3. The van der Waals surface area contributed by atoms with Crippen molar-refractivity contribution >= 4 is 0 Å². The first-order chi connectivity index (χ1) is 16.9. The molecule has 0 saturated heterocycles. The molecule has 1 N–H and O–H groups in total. The second-order valence-corrected chi connectivity index (χ2v) is 10.1. The van der Waals surface area contributed by atoms with Gasteiger partial charge in [0, 0.05) is 6.42 Å². The van der Waals surface area contributed by atoms with E-state index in [0.717, 1.165) is 24.5 Å². The summed E-state index contributed by atoms with van der Waals surface area (Å²) in [7, 11) is 0. The topological polar surface area (TPSA) is 38.7 Å². The monoisotopic (exact) mass is 500 g/mol. The minimum absolute atomic E-state index is 0.0674. The van der Waals surface area contributed by atoms with Crippen LogP contribution in [-0.2, 0) is 17.5 Å². The van der Waals surface area contributed by atoms with Crippen molar-refractivity contribution in [3.8, 4) is 16.9 Å². The van der Waals surface area contributed by atoms with Crippen molar-refractivity contribution in [1.29, 1.82) is 0 Å². The molecule has 0 spiro atoms. The SMILES string of the molecule is C=C(/C=C1/C[C@H](C)C/C1=C/C)OCc1cccc(-c2ccc(OCCC(C)(C)O)cc2C(F)(F)F)c1. The van der Waals surface area contributed by atoms with E-state index in [9.17, 15) is 18.3 Å². The molecule has 36 heavy (non-hydrogen) atoms. The summed E-state index contributed by atoms with van der Waals surface area (Å²) < 4.78 is 53.1. The van der Waals surface area contributed by atoms with E-state index in [2.05, 4.69) is 19.6 Å². The minimum Gasteiger partial charge on any atom is -0.493 e. The molecule has 0 aliphatic heterocycles. The maximum absolute atomic E-state index is 13.9. The number of benzene rings is 2. The molecule has 3 rings (SSSR count). The third-order valence-corrected chi connectivity index (χ3v) is 6.17. The molecule has 0 unspecified atom stereocenters. The summed E-state index contributed by atoms with van der Waals surface area (Å²) in [5.74, 6) is 1.24. The van der Waals surface area contributed by atoms with Crippen LogP contribution in [0.5, 0.6) is 5.75 Å². The molecule has 1 saturated carbocycles. The Bertz CT molecular complexity index is 1140. The van der Waals surface area contributed by atoms with E-state index in [-0.39, 0.29) is 24.5 Å². The molecule has 194 valence electrons. The van der Waals surface area contributed by atoms with E-state index < -0.39 is 17.3 Å². The van der Waals surface area contributed by atoms with Gasteiger partial charge in [-0.3, -0.25) is 0 Å². The van der Waals surface area contributed by atoms with E-state index in [0.29, 0.717) is 23.7 Å². The van der Waals surface area contributed by atoms with Gasteiger partial charge in [-0.25, -0.2) is 0 Å². The first-order valence-electron chi connectivity index (χ1n) is 12.2. The molecule has 1 fully saturated rings. The highest BCUT2D eigenvalue weighted by atomic mass is 19.4. The summed E-state index contributed by atoms with van der Waals surface area (Å²) in [6, 6.07) is 10.9. The van der Waals surface area contributed by atoms with Gasteiger partial charge in [-0.15, -0.1) is 0 Å². The molecule has 0 aromatic heterocycles. The van der Waals surface area contributed by atoms with Crippen LogP contribution in [0.25, 0.3) is 11.1 Å². The lowest BCUT2D eigenvalue weighted by Gasteiger charge is -2.19. The number of ether oxygens (including phenoxy) is 2. The number of allylic oxidation sites excluding steroid dienone is 4. The summed E-state index contributed by atoms with van der Waals surface area (Å²) >= 11 is 0. The van der Waals surface area contributed by atoms with Crippen LogP contribution in [0.2, 0.25) is 0 Å². The van der Waals surface area contributed by atoms with Crippen LogP contribution in [-0.4, -0.2) is 17.3 Å². The van der Waals surface area contributed by atoms with Crippen molar-refractivity contribution < 1.29 is 27.8 Å². The molecule has 0 bridgehead atoms. The fraction of sp³-hybridized carbons (Fsp3) is 0.400. The van der Waals surface area contributed by atoms with Gasteiger partial charge in [-0.2, -0.15) is 13.2 Å². The zero-order chi connectivity index (χ0) is 26.5. The molecule has 1 atom stereocenters. The average Bonchev–Trinajstić information content (AvgIpc) is 3.15. The summed E-state index contributed by atoms with van der Waals surface area (Å²) in [4.78, 5) is 0. The van der Waals surface area contributed by atoms with E-state index in [4.69, 9.17) is 9.47 Å². The van der Waals surface area contributed by atoms with Gasteiger partial charge in [0.1, 0.15) is 18.1 Å². The van der Waals surface area contributed by atoms with Crippen LogP contribution >= 0.6 is 0 Å². The molecular weight excluding hydrogens is 465 g/mol. The van der Waals surface area contributed by atoms with Gasteiger partial charge in [0.15, 0.2) is 0 Å². The normalized spacial score (nSPS) is 18.6. The van der Waals surface area contributed by atoms with Crippen molar-refractivity contribution in [2.45, 2.75) is 65.3 Å². The highest BCUT2D eigenvalue weighted by molar-refractivity contribution is 5.69. The predicted octanol–water partition coefficient (Wildman–Crippen LogP) is 8.25. The quantitative estimate of drug-likeness (QED) is 0.352. The lowest BCUT2D eigenvalue weighted by molar-refractivity contribution is -0.137. The van der Waals surface area contributed by atoms with Crippen molar-refractivity contribution in [2.75, 3.05) is 6.61 Å². The maximum Gasteiger partial charge on any atom is 0.417 e. The fourth-order valence-corrected chi connectivity index (χ4v) is 4.30. The van der Waals surface area contributed by atoms with Gasteiger partial charge in [-0.05, 0) is 91.6 Å². The summed E-state index contributed by atoms with van der Waals surface area (Å²) in [5, 5.41) is 9.80. The van der Waals surface area contributed by atoms with Crippen molar-refractivity contribution in [2.24, 2.45) is 5.92 Å². The summed E-state index contributed by atoms with van der Waals surface area (Å²) in [6.45, 7) is 11.8. The van der Waals surface area contributed by atoms with Crippen LogP contribution in [0.1, 0.15) is 58.1 Å². The standard InChI is InChI=1S/C30H35F3O3/c1-6-23-14-20(2)15-25(23)16-21(3)36-19-22-8-7-9-24(17-22)27-11-10-26(18-28(27)30(31,32)33)35-13-12-29(4,5)34/h6-11,16-18,20,34H,3,12-15,19H2,1-2,4-5H3/b23-6-,25-16-/t20-/m1/s1. The highest BCUT2D eigenvalue weighted by Gasteiger charge is 2.34. The van der Waals surface area contributed by atoms with Crippen LogP contribution in [0.15, 0.2) is 78.1 Å². The van der Waals surface area contributed by atoms with Crippen molar-refractivity contribution in [3.05, 3.63) is 89.2 Å². The Labute approximate surface area is 212 Å². The molecule has 3 nitrogen and oxygen atoms in total. The van der Waals surface area contributed by atoms with Gasteiger partial charge < -0.3 is 14.6 Å². The fourth-order valence-electron chi connectivity index (χ4n) is 4.30. The Kier molecular flexibility index (Phi) is 8.72. The van der Waals surface area contributed by atoms with E-state index >= 15 is 0 Å². The molecule has 1 aliphatic rings. The average molecular weight is 501 g/mol. The molecule has 0 radical (unpaired) electrons. The predicted molar refractivity (Wildman–Crippen MR) is 137 cm³/mol. The van der Waals surface area contributed by atoms with Crippen molar-refractivity contribution in [1.82, 2.24) is 0 Å². The molecule has 6 heteroatoms. The van der Waals surface area contributed by atoms with Gasteiger partial charge in [-0.1, -0.05) is 43.8 Å².